The number of carbonyl (C=O) groups is 1. The highest BCUT2D eigenvalue weighted by Crippen LogP contribution is 2.10. The summed E-state index contributed by atoms with van der Waals surface area (Å²) in [4.78, 5) is 13.6. The van der Waals surface area contributed by atoms with Crippen LogP contribution in [0.15, 0.2) is 24.3 Å². The van der Waals surface area contributed by atoms with E-state index in [-0.39, 0.29) is 5.78 Å². The van der Waals surface area contributed by atoms with Crippen LogP contribution in [0.2, 0.25) is 0 Å². The van der Waals surface area contributed by atoms with Gasteiger partial charge >= 0.3 is 0 Å². The predicted molar refractivity (Wildman–Crippen MR) is 54.6 cm³/mol. The van der Waals surface area contributed by atoms with Crippen LogP contribution in [-0.4, -0.2) is 30.3 Å². The molecule has 0 aliphatic carbocycles. The molecule has 1 saturated heterocycles. The number of hydrogen-bond donors (Lipinski definition) is 0. The van der Waals surface area contributed by atoms with Crippen molar-refractivity contribution < 1.29 is 4.79 Å². The maximum atomic E-state index is 11.3. The van der Waals surface area contributed by atoms with Crippen LogP contribution in [0.3, 0.4) is 0 Å². The summed E-state index contributed by atoms with van der Waals surface area (Å²) >= 11 is 0. The molecule has 1 heterocycles. The van der Waals surface area contributed by atoms with E-state index in [1.165, 1.54) is 18.9 Å². The molecule has 72 valence electrons. The van der Waals surface area contributed by atoms with Gasteiger partial charge in [0.05, 0.1) is 0 Å². The third kappa shape index (κ3) is 2.81. The lowest BCUT2D eigenvalue weighted by Gasteiger charge is -2.15. The fraction of sp³-hybridized carbons (Fsp3) is 0.545. The fourth-order valence-corrected chi connectivity index (χ4v) is 1.62. The molecule has 2 nitrogen and oxygen atoms in total. The lowest BCUT2D eigenvalue weighted by Crippen LogP contribution is -2.24. The highest BCUT2D eigenvalue weighted by molar-refractivity contribution is 6.03. The molecule has 1 fully saturated rings. The second-order valence-electron chi connectivity index (χ2n) is 3.37. The molecule has 0 amide bonds. The first kappa shape index (κ1) is 10.2. The summed E-state index contributed by atoms with van der Waals surface area (Å²) in [6.07, 6.45) is 5.81. The quantitative estimate of drug-likeness (QED) is 0.613. The second kappa shape index (κ2) is 4.97. The van der Waals surface area contributed by atoms with Crippen LogP contribution in [0, 0.1) is 0 Å². The van der Waals surface area contributed by atoms with Gasteiger partial charge in [0.15, 0.2) is 5.78 Å². The Labute approximate surface area is 79.9 Å². The maximum Gasteiger partial charge on any atom is 0.182 e. The molecule has 0 aromatic rings. The van der Waals surface area contributed by atoms with Crippen LogP contribution in [0.1, 0.15) is 19.8 Å². The molecule has 0 spiro atoms. The maximum absolute atomic E-state index is 11.3. The molecule has 1 aliphatic rings. The number of allylic oxidation sites excluding steroid dienone is 2. The largest absolute Gasteiger partial charge is 0.299 e. The SMILES string of the molecule is C=CC(=O)/C(=C\C)CN1CCCC1. The zero-order valence-corrected chi connectivity index (χ0v) is 8.25. The minimum Gasteiger partial charge on any atom is -0.299 e. The first-order chi connectivity index (χ1) is 6.27. The van der Waals surface area contributed by atoms with Crippen molar-refractivity contribution in [1.29, 1.82) is 0 Å². The van der Waals surface area contributed by atoms with Crippen molar-refractivity contribution in [3.8, 4) is 0 Å². The molecule has 0 bridgehead atoms. The molecule has 0 unspecified atom stereocenters. The van der Waals surface area contributed by atoms with Crippen LogP contribution in [0.25, 0.3) is 0 Å². The van der Waals surface area contributed by atoms with Gasteiger partial charge in [0, 0.05) is 12.1 Å². The Kier molecular flexibility index (Phi) is 3.90. The highest BCUT2D eigenvalue weighted by atomic mass is 16.1. The second-order valence-corrected chi connectivity index (χ2v) is 3.37. The van der Waals surface area contributed by atoms with Crippen LogP contribution in [0.5, 0.6) is 0 Å². The Balaban J connectivity index is 2.48. The predicted octanol–water partition coefficient (Wildman–Crippen LogP) is 1.78. The van der Waals surface area contributed by atoms with E-state index in [9.17, 15) is 4.79 Å². The summed E-state index contributed by atoms with van der Waals surface area (Å²) in [6, 6.07) is 0. The average Bonchev–Trinajstić information content (AvgIpc) is 2.65. The Morgan fingerprint density at radius 1 is 1.46 bits per heavy atom. The third-order valence-corrected chi connectivity index (χ3v) is 2.44. The van der Waals surface area contributed by atoms with Gasteiger partial charge in [-0.3, -0.25) is 9.69 Å². The Bertz CT molecular complexity index is 224. The average molecular weight is 179 g/mol. The van der Waals surface area contributed by atoms with Crippen LogP contribution in [-0.2, 0) is 4.79 Å². The van der Waals surface area contributed by atoms with Gasteiger partial charge in [-0.1, -0.05) is 12.7 Å². The van der Waals surface area contributed by atoms with E-state index in [1.54, 1.807) is 0 Å². The summed E-state index contributed by atoms with van der Waals surface area (Å²) in [7, 11) is 0. The summed E-state index contributed by atoms with van der Waals surface area (Å²) in [5.74, 6) is 0.0643. The van der Waals surface area contributed by atoms with Crippen molar-refractivity contribution >= 4 is 5.78 Å². The lowest BCUT2D eigenvalue weighted by atomic mass is 10.1. The zero-order chi connectivity index (χ0) is 9.68. The smallest absolute Gasteiger partial charge is 0.182 e. The van der Waals surface area contributed by atoms with Gasteiger partial charge in [0.25, 0.3) is 0 Å². The molecule has 0 atom stereocenters. The molecule has 0 aromatic heterocycles. The van der Waals surface area contributed by atoms with Crippen LogP contribution in [0.4, 0.5) is 0 Å². The standard InChI is InChI=1S/C11H17NO/c1-3-10(11(13)4-2)9-12-7-5-6-8-12/h3-4H,2,5-9H2,1H3/b10-3-. The first-order valence-corrected chi connectivity index (χ1v) is 4.82. The number of likely N-dealkylation sites (tertiary alicyclic amines) is 1. The highest BCUT2D eigenvalue weighted by Gasteiger charge is 2.14. The van der Waals surface area contributed by atoms with Gasteiger partial charge in [-0.2, -0.15) is 0 Å². The first-order valence-electron chi connectivity index (χ1n) is 4.82. The van der Waals surface area contributed by atoms with Crippen molar-refractivity contribution in [2.45, 2.75) is 19.8 Å². The van der Waals surface area contributed by atoms with Crippen molar-refractivity contribution in [3.05, 3.63) is 24.3 Å². The van der Waals surface area contributed by atoms with E-state index in [4.69, 9.17) is 0 Å². The number of hydrogen-bond acceptors (Lipinski definition) is 2. The Hall–Kier alpha value is -0.890. The molecule has 2 heteroatoms. The van der Waals surface area contributed by atoms with Crippen LogP contribution < -0.4 is 0 Å². The zero-order valence-electron chi connectivity index (χ0n) is 8.25. The van der Waals surface area contributed by atoms with Crippen LogP contribution >= 0.6 is 0 Å². The Morgan fingerprint density at radius 2 is 2.08 bits per heavy atom. The van der Waals surface area contributed by atoms with Crippen molar-refractivity contribution in [3.63, 3.8) is 0 Å². The lowest BCUT2D eigenvalue weighted by molar-refractivity contribution is -0.111. The van der Waals surface area contributed by atoms with Gasteiger partial charge in [-0.15, -0.1) is 0 Å². The number of rotatable bonds is 4. The molecular weight excluding hydrogens is 162 g/mol. The van der Waals surface area contributed by atoms with Gasteiger partial charge < -0.3 is 0 Å². The van der Waals surface area contributed by atoms with E-state index in [0.717, 1.165) is 25.2 Å². The number of ketones is 1. The molecule has 0 saturated carbocycles. The summed E-state index contributed by atoms with van der Waals surface area (Å²) in [5.41, 5.74) is 0.872. The van der Waals surface area contributed by atoms with Gasteiger partial charge in [-0.05, 0) is 38.9 Å². The molecular formula is C11H17NO. The molecule has 0 aromatic carbocycles. The van der Waals surface area contributed by atoms with Crippen molar-refractivity contribution in [1.82, 2.24) is 4.90 Å². The minimum atomic E-state index is 0.0643. The monoisotopic (exact) mass is 179 g/mol. The van der Waals surface area contributed by atoms with E-state index in [2.05, 4.69) is 11.5 Å². The van der Waals surface area contributed by atoms with Crippen molar-refractivity contribution in [2.24, 2.45) is 0 Å². The topological polar surface area (TPSA) is 20.3 Å². The normalized spacial score (nSPS) is 19.0. The van der Waals surface area contributed by atoms with E-state index in [1.807, 2.05) is 13.0 Å². The summed E-state index contributed by atoms with van der Waals surface area (Å²) in [6.45, 7) is 8.45. The molecule has 0 radical (unpaired) electrons. The van der Waals surface area contributed by atoms with E-state index >= 15 is 0 Å². The third-order valence-electron chi connectivity index (χ3n) is 2.44. The fourth-order valence-electron chi connectivity index (χ4n) is 1.62. The van der Waals surface area contributed by atoms with Crippen molar-refractivity contribution in [2.75, 3.05) is 19.6 Å². The summed E-state index contributed by atoms with van der Waals surface area (Å²) in [5, 5.41) is 0. The van der Waals surface area contributed by atoms with Gasteiger partial charge in [0.2, 0.25) is 0 Å². The molecule has 1 aliphatic heterocycles. The van der Waals surface area contributed by atoms with Gasteiger partial charge in [0.1, 0.15) is 0 Å². The van der Waals surface area contributed by atoms with E-state index < -0.39 is 0 Å². The molecule has 0 N–H and O–H groups in total. The minimum absolute atomic E-state index is 0.0643. The number of nitrogens with zero attached hydrogens (tertiary/aromatic N) is 1. The summed E-state index contributed by atoms with van der Waals surface area (Å²) < 4.78 is 0. The molecule has 13 heavy (non-hydrogen) atoms. The Morgan fingerprint density at radius 3 is 2.54 bits per heavy atom. The molecule has 1 rings (SSSR count). The van der Waals surface area contributed by atoms with E-state index in [0.29, 0.717) is 0 Å². The van der Waals surface area contributed by atoms with Gasteiger partial charge in [-0.25, -0.2) is 0 Å². The number of carbonyl (C=O) groups excluding carboxylic acids is 1.